The molecule has 1 atom stereocenters. The summed E-state index contributed by atoms with van der Waals surface area (Å²) in [5, 5.41) is 12.1. The molecule has 1 N–H and O–H groups in total. The average Bonchev–Trinajstić information content (AvgIpc) is 2.69. The zero-order valence-electron chi connectivity index (χ0n) is 16.0. The first-order chi connectivity index (χ1) is 13.3. The second-order valence-corrected chi connectivity index (χ2v) is 6.69. The standard InChI is InChI=1S/C21H22ClN3O3/c1-4-25(13-20(26)24-19-11-17(22)8-5-14(19)2)21(27)15(3)28-18-9-6-16(12-23)7-10-18/h5-11,15H,4,13H2,1-3H3,(H,24,26). The minimum atomic E-state index is -0.770. The molecule has 2 aromatic rings. The number of aryl methyl sites for hydroxylation is 1. The largest absolute Gasteiger partial charge is 0.481 e. The van der Waals surface area contributed by atoms with Crippen molar-refractivity contribution in [3.63, 3.8) is 0 Å². The van der Waals surface area contributed by atoms with E-state index < -0.39 is 6.10 Å². The Labute approximate surface area is 169 Å². The number of hydrogen-bond donors (Lipinski definition) is 1. The number of hydrogen-bond acceptors (Lipinski definition) is 4. The van der Waals surface area contributed by atoms with Crippen LogP contribution in [0.4, 0.5) is 5.69 Å². The molecule has 0 bridgehead atoms. The van der Waals surface area contributed by atoms with Gasteiger partial charge >= 0.3 is 0 Å². The molecule has 0 fully saturated rings. The lowest BCUT2D eigenvalue weighted by Crippen LogP contribution is -2.44. The zero-order chi connectivity index (χ0) is 20.7. The summed E-state index contributed by atoms with van der Waals surface area (Å²) in [6.07, 6.45) is -0.770. The Kier molecular flexibility index (Phi) is 7.42. The summed E-state index contributed by atoms with van der Waals surface area (Å²) in [5.41, 5.74) is 2.00. The molecule has 0 saturated heterocycles. The Balaban J connectivity index is 1.98. The van der Waals surface area contributed by atoms with Crippen molar-refractivity contribution in [2.75, 3.05) is 18.4 Å². The van der Waals surface area contributed by atoms with Crippen molar-refractivity contribution >= 4 is 29.1 Å². The van der Waals surface area contributed by atoms with Gasteiger partial charge in [0.05, 0.1) is 18.2 Å². The third kappa shape index (κ3) is 5.73. The minimum absolute atomic E-state index is 0.0949. The number of nitriles is 1. The average molecular weight is 400 g/mol. The van der Waals surface area contributed by atoms with Crippen LogP contribution in [0.5, 0.6) is 5.75 Å². The molecule has 7 heteroatoms. The third-order valence-electron chi connectivity index (χ3n) is 4.15. The minimum Gasteiger partial charge on any atom is -0.481 e. The maximum absolute atomic E-state index is 12.7. The lowest BCUT2D eigenvalue weighted by atomic mass is 10.2. The van der Waals surface area contributed by atoms with Gasteiger partial charge in [-0.25, -0.2) is 0 Å². The molecule has 2 amide bonds. The van der Waals surface area contributed by atoms with E-state index in [1.807, 2.05) is 19.1 Å². The first-order valence-electron chi connectivity index (χ1n) is 8.85. The number of amides is 2. The Hall–Kier alpha value is -3.04. The second kappa shape index (κ2) is 9.77. The van der Waals surface area contributed by atoms with Gasteiger partial charge in [0, 0.05) is 17.3 Å². The van der Waals surface area contributed by atoms with E-state index in [-0.39, 0.29) is 18.4 Å². The van der Waals surface area contributed by atoms with Gasteiger partial charge in [0.15, 0.2) is 6.10 Å². The molecule has 0 aromatic heterocycles. The van der Waals surface area contributed by atoms with Crippen LogP contribution in [-0.2, 0) is 9.59 Å². The van der Waals surface area contributed by atoms with Gasteiger partial charge in [-0.15, -0.1) is 0 Å². The van der Waals surface area contributed by atoms with Gasteiger partial charge in [0.2, 0.25) is 5.91 Å². The maximum atomic E-state index is 12.7. The normalized spacial score (nSPS) is 11.2. The van der Waals surface area contributed by atoms with Crippen LogP contribution in [0.25, 0.3) is 0 Å². The molecule has 2 rings (SSSR count). The molecule has 0 spiro atoms. The topological polar surface area (TPSA) is 82.4 Å². The highest BCUT2D eigenvalue weighted by Crippen LogP contribution is 2.20. The maximum Gasteiger partial charge on any atom is 0.263 e. The third-order valence-corrected chi connectivity index (χ3v) is 4.38. The van der Waals surface area contributed by atoms with Gasteiger partial charge in [-0.3, -0.25) is 9.59 Å². The van der Waals surface area contributed by atoms with E-state index in [0.717, 1.165) is 5.56 Å². The van der Waals surface area contributed by atoms with Crippen LogP contribution >= 0.6 is 11.6 Å². The first kappa shape index (κ1) is 21.3. The Bertz CT molecular complexity index is 891. The Morgan fingerprint density at radius 2 is 1.93 bits per heavy atom. The summed E-state index contributed by atoms with van der Waals surface area (Å²) in [7, 11) is 0. The first-order valence-corrected chi connectivity index (χ1v) is 9.23. The SMILES string of the molecule is CCN(CC(=O)Nc1cc(Cl)ccc1C)C(=O)C(C)Oc1ccc(C#N)cc1. The van der Waals surface area contributed by atoms with Gasteiger partial charge in [-0.2, -0.15) is 5.26 Å². The van der Waals surface area contributed by atoms with Gasteiger partial charge < -0.3 is 15.0 Å². The van der Waals surface area contributed by atoms with E-state index in [4.69, 9.17) is 21.6 Å². The molecule has 1 unspecified atom stereocenters. The number of likely N-dealkylation sites (N-methyl/N-ethyl adjacent to an activating group) is 1. The number of rotatable bonds is 7. The lowest BCUT2D eigenvalue weighted by molar-refractivity contribution is -0.140. The van der Waals surface area contributed by atoms with E-state index >= 15 is 0 Å². The Morgan fingerprint density at radius 3 is 2.54 bits per heavy atom. The molecule has 0 aliphatic carbocycles. The van der Waals surface area contributed by atoms with Crippen molar-refractivity contribution in [1.29, 1.82) is 5.26 Å². The molecule has 0 aliphatic heterocycles. The summed E-state index contributed by atoms with van der Waals surface area (Å²) < 4.78 is 5.64. The highest BCUT2D eigenvalue weighted by Gasteiger charge is 2.23. The van der Waals surface area contributed by atoms with Crippen molar-refractivity contribution in [3.8, 4) is 11.8 Å². The summed E-state index contributed by atoms with van der Waals surface area (Å²) >= 11 is 5.97. The van der Waals surface area contributed by atoms with Crippen LogP contribution in [0.2, 0.25) is 5.02 Å². The number of nitrogens with one attached hydrogen (secondary N) is 1. The summed E-state index contributed by atoms with van der Waals surface area (Å²) in [6, 6.07) is 13.7. The van der Waals surface area contributed by atoms with Crippen molar-refractivity contribution in [1.82, 2.24) is 4.90 Å². The van der Waals surface area contributed by atoms with Crippen LogP contribution in [-0.4, -0.2) is 35.9 Å². The van der Waals surface area contributed by atoms with Crippen molar-refractivity contribution < 1.29 is 14.3 Å². The molecule has 0 aliphatic rings. The van der Waals surface area contributed by atoms with Crippen molar-refractivity contribution in [2.45, 2.75) is 26.9 Å². The van der Waals surface area contributed by atoms with E-state index in [9.17, 15) is 9.59 Å². The summed E-state index contributed by atoms with van der Waals surface area (Å²) in [4.78, 5) is 26.5. The van der Waals surface area contributed by atoms with Crippen molar-refractivity contribution in [3.05, 3.63) is 58.6 Å². The van der Waals surface area contributed by atoms with Crippen LogP contribution in [0.15, 0.2) is 42.5 Å². The molecule has 0 heterocycles. The zero-order valence-corrected chi connectivity index (χ0v) is 16.8. The summed E-state index contributed by atoms with van der Waals surface area (Å²) in [6.45, 7) is 5.55. The number of carbonyl (C=O) groups is 2. The fourth-order valence-corrected chi connectivity index (χ4v) is 2.73. The smallest absolute Gasteiger partial charge is 0.263 e. The molecule has 28 heavy (non-hydrogen) atoms. The highest BCUT2D eigenvalue weighted by molar-refractivity contribution is 6.31. The number of carbonyl (C=O) groups excluding carboxylic acids is 2. The molecule has 0 radical (unpaired) electrons. The lowest BCUT2D eigenvalue weighted by Gasteiger charge is -2.24. The van der Waals surface area contributed by atoms with E-state index in [2.05, 4.69) is 5.32 Å². The number of nitrogens with zero attached hydrogens (tertiary/aromatic N) is 2. The van der Waals surface area contributed by atoms with Crippen molar-refractivity contribution in [2.24, 2.45) is 0 Å². The molecule has 6 nitrogen and oxygen atoms in total. The molecule has 2 aromatic carbocycles. The van der Waals surface area contributed by atoms with Gasteiger partial charge in [-0.05, 0) is 62.7 Å². The van der Waals surface area contributed by atoms with Crippen LogP contribution in [0.1, 0.15) is 25.0 Å². The van der Waals surface area contributed by atoms with E-state index in [1.54, 1.807) is 50.2 Å². The van der Waals surface area contributed by atoms with Gasteiger partial charge in [0.25, 0.3) is 5.91 Å². The number of anilines is 1. The number of halogens is 1. The predicted molar refractivity (Wildman–Crippen MR) is 108 cm³/mol. The van der Waals surface area contributed by atoms with Crippen LogP contribution in [0.3, 0.4) is 0 Å². The van der Waals surface area contributed by atoms with Gasteiger partial charge in [0.1, 0.15) is 5.75 Å². The fraction of sp³-hybridized carbons (Fsp3) is 0.286. The van der Waals surface area contributed by atoms with E-state index in [1.165, 1.54) is 4.90 Å². The Morgan fingerprint density at radius 1 is 1.25 bits per heavy atom. The second-order valence-electron chi connectivity index (χ2n) is 6.26. The fourth-order valence-electron chi connectivity index (χ4n) is 2.56. The number of ether oxygens (including phenoxy) is 1. The van der Waals surface area contributed by atoms with Crippen LogP contribution in [0, 0.1) is 18.3 Å². The van der Waals surface area contributed by atoms with Crippen LogP contribution < -0.4 is 10.1 Å². The van der Waals surface area contributed by atoms with Gasteiger partial charge in [-0.1, -0.05) is 17.7 Å². The van der Waals surface area contributed by atoms with E-state index in [0.29, 0.717) is 28.6 Å². The molecule has 146 valence electrons. The summed E-state index contributed by atoms with van der Waals surface area (Å²) in [5.74, 6) is -0.133. The monoisotopic (exact) mass is 399 g/mol. The molecule has 0 saturated carbocycles. The molecular weight excluding hydrogens is 378 g/mol. The quantitative estimate of drug-likeness (QED) is 0.768. The number of benzene rings is 2. The molecular formula is C21H22ClN3O3. The predicted octanol–water partition coefficient (Wildman–Crippen LogP) is 3.77. The highest BCUT2D eigenvalue weighted by atomic mass is 35.5.